The molecule has 0 aromatic heterocycles. The highest BCUT2D eigenvalue weighted by atomic mass is 16.6. The van der Waals surface area contributed by atoms with Crippen LogP contribution in [0.25, 0.3) is 0 Å². The zero-order chi connectivity index (χ0) is 6.85. The highest BCUT2D eigenvalue weighted by Crippen LogP contribution is 2.14. The first-order chi connectivity index (χ1) is 4.25. The van der Waals surface area contributed by atoms with Crippen molar-refractivity contribution in [3.8, 4) is 0 Å². The number of hydrazine groups is 1. The fourth-order valence-corrected chi connectivity index (χ4v) is 1.26. The van der Waals surface area contributed by atoms with Crippen molar-refractivity contribution in [2.75, 3.05) is 13.1 Å². The molecule has 0 radical (unpaired) electrons. The van der Waals surface area contributed by atoms with Gasteiger partial charge in [-0.2, -0.15) is 0 Å². The Balaban J connectivity index is 2.44. The molecule has 0 amide bonds. The molecule has 1 saturated heterocycles. The molecule has 0 N–H and O–H groups in total. The predicted molar refractivity (Wildman–Crippen MR) is 36.5 cm³/mol. The molecule has 1 aliphatic heterocycles. The van der Waals surface area contributed by atoms with E-state index < -0.39 is 0 Å². The molecule has 1 atom stereocenters. The Hall–Kier alpha value is -0.120. The van der Waals surface area contributed by atoms with E-state index in [4.69, 9.17) is 0 Å². The first kappa shape index (κ1) is 6.99. The van der Waals surface area contributed by atoms with E-state index in [0.29, 0.717) is 12.6 Å². The second-order valence-electron chi connectivity index (χ2n) is 2.47. The molecule has 1 unspecified atom stereocenters. The van der Waals surface area contributed by atoms with Crippen LogP contribution in [0.1, 0.15) is 20.3 Å². The summed E-state index contributed by atoms with van der Waals surface area (Å²) in [4.78, 5) is 0. The van der Waals surface area contributed by atoms with E-state index in [0.717, 1.165) is 18.1 Å². The van der Waals surface area contributed by atoms with Gasteiger partial charge in [-0.15, -0.1) is 0 Å². The average molecular weight is 129 g/mol. The Labute approximate surface area is 55.8 Å². The lowest BCUT2D eigenvalue weighted by Crippen LogP contribution is -2.35. The molecule has 1 fully saturated rings. The number of rotatable bonds is 1. The fraction of sp³-hybridized carbons (Fsp3) is 1.00. The van der Waals surface area contributed by atoms with Gasteiger partial charge in [-0.05, 0) is 13.3 Å². The van der Waals surface area contributed by atoms with Crippen LogP contribution >= 0.6 is 0 Å². The maximum Gasteiger partial charge on any atom is 0.0220 e. The van der Waals surface area contributed by atoms with Crippen LogP contribution in [0, 0.1) is 5.21 Å². The number of nitrogens with zero attached hydrogens (tertiary/aromatic N) is 2. The summed E-state index contributed by atoms with van der Waals surface area (Å²) in [5.41, 5.74) is 0. The van der Waals surface area contributed by atoms with E-state index in [1.54, 1.807) is 0 Å². The van der Waals surface area contributed by atoms with Crippen molar-refractivity contribution in [3.05, 3.63) is 5.21 Å². The molecule has 1 aliphatic rings. The van der Waals surface area contributed by atoms with Crippen molar-refractivity contribution in [2.24, 2.45) is 0 Å². The molecule has 0 saturated carbocycles. The van der Waals surface area contributed by atoms with Gasteiger partial charge in [0.2, 0.25) is 0 Å². The molecule has 3 heteroatoms. The minimum absolute atomic E-state index is 0.451. The van der Waals surface area contributed by atoms with Crippen molar-refractivity contribution in [1.29, 1.82) is 0 Å². The summed E-state index contributed by atoms with van der Waals surface area (Å²) in [6.45, 7) is 5.60. The van der Waals surface area contributed by atoms with Crippen molar-refractivity contribution in [3.63, 3.8) is 0 Å². The van der Waals surface area contributed by atoms with Gasteiger partial charge in [-0.1, -0.05) is 6.92 Å². The molecule has 1 heterocycles. The van der Waals surface area contributed by atoms with Crippen molar-refractivity contribution >= 4 is 0 Å². The van der Waals surface area contributed by atoms with E-state index in [1.165, 1.54) is 0 Å². The minimum atomic E-state index is 0.451. The number of hydrogen-bond acceptors (Lipinski definition) is 3. The Morgan fingerprint density at radius 2 is 2.33 bits per heavy atom. The first-order valence-corrected chi connectivity index (χ1v) is 3.47. The van der Waals surface area contributed by atoms with Gasteiger partial charge in [-0.25, -0.2) is 0 Å². The normalized spacial score (nSPS) is 31.7. The Bertz CT molecular complexity index is 87.1. The molecule has 0 aromatic rings. The van der Waals surface area contributed by atoms with Gasteiger partial charge < -0.3 is 10.4 Å². The van der Waals surface area contributed by atoms with Gasteiger partial charge in [0.1, 0.15) is 0 Å². The Morgan fingerprint density at radius 1 is 1.67 bits per heavy atom. The summed E-state index contributed by atoms with van der Waals surface area (Å²) < 4.78 is 0. The maximum absolute atomic E-state index is 10.9. The summed E-state index contributed by atoms with van der Waals surface area (Å²) in [5.74, 6) is 0. The summed E-state index contributed by atoms with van der Waals surface area (Å²) in [6, 6.07) is 0.451. The van der Waals surface area contributed by atoms with Crippen LogP contribution < -0.4 is 0 Å². The number of hydroxylamine groups is 1. The minimum Gasteiger partial charge on any atom is -0.772 e. The number of hydrogen-bond donors (Lipinski definition) is 0. The van der Waals surface area contributed by atoms with Crippen LogP contribution in [0.5, 0.6) is 0 Å². The smallest absolute Gasteiger partial charge is 0.0220 e. The summed E-state index contributed by atoms with van der Waals surface area (Å²) in [5, 5.41) is 13.8. The third-order valence-corrected chi connectivity index (χ3v) is 1.86. The van der Waals surface area contributed by atoms with Crippen molar-refractivity contribution in [2.45, 2.75) is 26.3 Å². The topological polar surface area (TPSA) is 29.5 Å². The Morgan fingerprint density at radius 3 is 2.56 bits per heavy atom. The molecule has 0 aromatic carbocycles. The fourth-order valence-electron chi connectivity index (χ4n) is 1.26. The quantitative estimate of drug-likeness (QED) is 0.525. The predicted octanol–water partition coefficient (Wildman–Crippen LogP) is 0.815. The molecule has 0 bridgehead atoms. The average Bonchev–Trinajstić information content (AvgIpc) is 2.12. The van der Waals surface area contributed by atoms with E-state index in [1.807, 2.05) is 11.9 Å². The van der Waals surface area contributed by atoms with Gasteiger partial charge in [0.25, 0.3) is 0 Å². The van der Waals surface area contributed by atoms with Crippen LogP contribution in [0.4, 0.5) is 0 Å². The highest BCUT2D eigenvalue weighted by Gasteiger charge is 2.19. The van der Waals surface area contributed by atoms with Crippen molar-refractivity contribution in [1.82, 2.24) is 10.2 Å². The van der Waals surface area contributed by atoms with Crippen LogP contribution in [-0.4, -0.2) is 29.3 Å². The van der Waals surface area contributed by atoms with Gasteiger partial charge in [0.05, 0.1) is 0 Å². The lowest BCUT2D eigenvalue weighted by atomic mass is 10.3. The highest BCUT2D eigenvalue weighted by molar-refractivity contribution is 4.73. The summed E-state index contributed by atoms with van der Waals surface area (Å²) >= 11 is 0. The molecular formula is C6H13N2O-. The van der Waals surface area contributed by atoms with E-state index >= 15 is 0 Å². The van der Waals surface area contributed by atoms with Crippen LogP contribution in [0.15, 0.2) is 0 Å². The van der Waals surface area contributed by atoms with Crippen LogP contribution in [0.2, 0.25) is 0 Å². The van der Waals surface area contributed by atoms with Gasteiger partial charge >= 0.3 is 0 Å². The Kier molecular flexibility index (Phi) is 2.05. The lowest BCUT2D eigenvalue weighted by molar-refractivity contribution is 0.0556. The SMILES string of the molecule is CCN1C(C)CCN1[O-]. The van der Waals surface area contributed by atoms with Crippen molar-refractivity contribution < 1.29 is 0 Å². The molecule has 0 aliphatic carbocycles. The summed E-state index contributed by atoms with van der Waals surface area (Å²) in [7, 11) is 0. The zero-order valence-corrected chi connectivity index (χ0v) is 6.00. The summed E-state index contributed by atoms with van der Waals surface area (Å²) in [6.07, 6.45) is 1.01. The molecule has 0 spiro atoms. The maximum atomic E-state index is 10.9. The molecule has 54 valence electrons. The standard InChI is InChI=1S/C6H13N2O/c1-3-7-6(2)4-5-8(7)9/h6H,3-5H2,1-2H3/q-1. The van der Waals surface area contributed by atoms with Gasteiger partial charge in [0, 0.05) is 19.1 Å². The van der Waals surface area contributed by atoms with Crippen LogP contribution in [-0.2, 0) is 0 Å². The lowest BCUT2D eigenvalue weighted by Gasteiger charge is -2.34. The molecular weight excluding hydrogens is 116 g/mol. The van der Waals surface area contributed by atoms with Gasteiger partial charge in [-0.3, -0.25) is 5.01 Å². The molecule has 3 nitrogen and oxygen atoms in total. The van der Waals surface area contributed by atoms with Crippen LogP contribution in [0.3, 0.4) is 0 Å². The largest absolute Gasteiger partial charge is 0.772 e. The third kappa shape index (κ3) is 1.23. The monoisotopic (exact) mass is 129 g/mol. The zero-order valence-electron chi connectivity index (χ0n) is 6.00. The van der Waals surface area contributed by atoms with E-state index in [9.17, 15) is 5.21 Å². The first-order valence-electron chi connectivity index (χ1n) is 3.47. The molecule has 1 rings (SSSR count). The second kappa shape index (κ2) is 2.64. The third-order valence-electron chi connectivity index (χ3n) is 1.86. The molecule has 9 heavy (non-hydrogen) atoms. The second-order valence-corrected chi connectivity index (χ2v) is 2.47. The van der Waals surface area contributed by atoms with E-state index in [-0.39, 0.29) is 0 Å². The van der Waals surface area contributed by atoms with Gasteiger partial charge in [0.15, 0.2) is 0 Å². The van der Waals surface area contributed by atoms with E-state index in [2.05, 4.69) is 6.92 Å².